The summed E-state index contributed by atoms with van der Waals surface area (Å²) in [5, 5.41) is 3.26. The highest BCUT2D eigenvalue weighted by molar-refractivity contribution is 5.80. The van der Waals surface area contributed by atoms with Crippen LogP contribution in [0.1, 0.15) is 39.0 Å². The van der Waals surface area contributed by atoms with Crippen LogP contribution in [0.3, 0.4) is 0 Å². The molecule has 0 bridgehead atoms. The zero-order valence-electron chi connectivity index (χ0n) is 10.8. The van der Waals surface area contributed by atoms with Gasteiger partial charge in [-0.1, -0.05) is 13.3 Å². The van der Waals surface area contributed by atoms with Gasteiger partial charge in [0.25, 0.3) is 0 Å². The molecule has 0 radical (unpaired) electrons. The normalized spacial score (nSPS) is 35.7. The predicted octanol–water partition coefficient (Wildman–Crippen LogP) is 0.714. The third-order valence-electron chi connectivity index (χ3n) is 4.48. The van der Waals surface area contributed by atoms with Crippen LogP contribution in [0, 0.1) is 5.92 Å². The van der Waals surface area contributed by atoms with Crippen molar-refractivity contribution in [2.75, 3.05) is 19.6 Å². The third-order valence-corrected chi connectivity index (χ3v) is 4.48. The predicted molar refractivity (Wildman–Crippen MR) is 68.6 cm³/mol. The number of piperazine rings is 1. The minimum atomic E-state index is -0.171. The molecule has 1 saturated carbocycles. The highest BCUT2D eigenvalue weighted by atomic mass is 16.1. The smallest absolute Gasteiger partial charge is 0.236 e. The molecular formula is C13H25N3O. The summed E-state index contributed by atoms with van der Waals surface area (Å²) in [4.78, 5) is 13.8. The summed E-state index contributed by atoms with van der Waals surface area (Å²) in [7, 11) is 0. The van der Waals surface area contributed by atoms with Crippen LogP contribution in [0.15, 0.2) is 0 Å². The fourth-order valence-corrected chi connectivity index (χ4v) is 3.31. The molecule has 0 aromatic carbocycles. The number of hydrogen-bond donors (Lipinski definition) is 2. The summed E-state index contributed by atoms with van der Waals surface area (Å²) in [5.41, 5.74) is 5.50. The van der Waals surface area contributed by atoms with E-state index in [1.54, 1.807) is 0 Å². The standard InChI is InChI=1S/C13H25N3O/c1-2-10-3-5-11(6-4-10)16-8-7-15-9-12(16)13(14)17/h10-12,15H,2-9H2,1H3,(H2,14,17). The van der Waals surface area contributed by atoms with Gasteiger partial charge in [0.2, 0.25) is 5.91 Å². The number of carbonyl (C=O) groups excluding carboxylic acids is 1. The molecule has 4 nitrogen and oxygen atoms in total. The van der Waals surface area contributed by atoms with E-state index in [-0.39, 0.29) is 11.9 Å². The summed E-state index contributed by atoms with van der Waals surface area (Å²) < 4.78 is 0. The highest BCUT2D eigenvalue weighted by Crippen LogP contribution is 2.30. The molecule has 1 aliphatic heterocycles. The van der Waals surface area contributed by atoms with Gasteiger partial charge >= 0.3 is 0 Å². The molecule has 3 N–H and O–H groups in total. The van der Waals surface area contributed by atoms with E-state index >= 15 is 0 Å². The molecular weight excluding hydrogens is 214 g/mol. The first-order valence-electron chi connectivity index (χ1n) is 6.98. The topological polar surface area (TPSA) is 58.4 Å². The maximum Gasteiger partial charge on any atom is 0.236 e. The molecule has 2 fully saturated rings. The van der Waals surface area contributed by atoms with E-state index in [4.69, 9.17) is 5.73 Å². The Balaban J connectivity index is 1.93. The van der Waals surface area contributed by atoms with Crippen LogP contribution in [0.25, 0.3) is 0 Å². The highest BCUT2D eigenvalue weighted by Gasteiger charge is 2.33. The third kappa shape index (κ3) is 2.99. The molecule has 17 heavy (non-hydrogen) atoms. The maximum absolute atomic E-state index is 11.5. The minimum absolute atomic E-state index is 0.0908. The lowest BCUT2D eigenvalue weighted by Gasteiger charge is -2.42. The van der Waals surface area contributed by atoms with Gasteiger partial charge < -0.3 is 11.1 Å². The van der Waals surface area contributed by atoms with Crippen LogP contribution >= 0.6 is 0 Å². The Labute approximate surface area is 104 Å². The van der Waals surface area contributed by atoms with Crippen LogP contribution in [0.4, 0.5) is 0 Å². The summed E-state index contributed by atoms with van der Waals surface area (Å²) in [5.74, 6) is 0.732. The fraction of sp³-hybridized carbons (Fsp3) is 0.923. The molecule has 98 valence electrons. The summed E-state index contributed by atoms with van der Waals surface area (Å²) >= 11 is 0. The van der Waals surface area contributed by atoms with Gasteiger partial charge in [-0.15, -0.1) is 0 Å². The molecule has 4 heteroatoms. The van der Waals surface area contributed by atoms with E-state index in [0.717, 1.165) is 25.6 Å². The van der Waals surface area contributed by atoms with Gasteiger partial charge in [-0.05, 0) is 31.6 Å². The summed E-state index contributed by atoms with van der Waals surface area (Å²) in [6.45, 7) is 4.96. The quantitative estimate of drug-likeness (QED) is 0.763. The van der Waals surface area contributed by atoms with Gasteiger partial charge in [0, 0.05) is 25.7 Å². The van der Waals surface area contributed by atoms with Gasteiger partial charge in [-0.25, -0.2) is 0 Å². The molecule has 2 aliphatic rings. The Morgan fingerprint density at radius 3 is 2.65 bits per heavy atom. The number of nitrogens with zero attached hydrogens (tertiary/aromatic N) is 1. The molecule has 1 amide bonds. The average molecular weight is 239 g/mol. The Bertz CT molecular complexity index is 261. The number of nitrogens with one attached hydrogen (secondary N) is 1. The number of hydrogen-bond acceptors (Lipinski definition) is 3. The molecule has 0 aromatic rings. The van der Waals surface area contributed by atoms with Crippen LogP contribution in [0.2, 0.25) is 0 Å². The summed E-state index contributed by atoms with van der Waals surface area (Å²) in [6.07, 6.45) is 6.41. The van der Waals surface area contributed by atoms with Crippen LogP contribution < -0.4 is 11.1 Å². The van der Waals surface area contributed by atoms with Crippen molar-refractivity contribution in [3.05, 3.63) is 0 Å². The Morgan fingerprint density at radius 1 is 1.35 bits per heavy atom. The molecule has 0 spiro atoms. The van der Waals surface area contributed by atoms with Crippen molar-refractivity contribution >= 4 is 5.91 Å². The second-order valence-electron chi connectivity index (χ2n) is 5.44. The SMILES string of the molecule is CCC1CCC(N2CCNCC2C(N)=O)CC1. The van der Waals surface area contributed by atoms with Gasteiger partial charge in [0.15, 0.2) is 0 Å². The largest absolute Gasteiger partial charge is 0.368 e. The monoisotopic (exact) mass is 239 g/mol. The fourth-order valence-electron chi connectivity index (χ4n) is 3.31. The van der Waals surface area contributed by atoms with E-state index in [1.807, 2.05) is 0 Å². The Kier molecular flexibility index (Phi) is 4.40. The zero-order valence-corrected chi connectivity index (χ0v) is 10.8. The van der Waals surface area contributed by atoms with Gasteiger partial charge in [-0.2, -0.15) is 0 Å². The van der Waals surface area contributed by atoms with E-state index in [1.165, 1.54) is 32.1 Å². The van der Waals surface area contributed by atoms with Gasteiger partial charge in [0.1, 0.15) is 6.04 Å². The number of carbonyl (C=O) groups is 1. The van der Waals surface area contributed by atoms with Crippen molar-refractivity contribution in [1.82, 2.24) is 10.2 Å². The number of amides is 1. The van der Waals surface area contributed by atoms with Gasteiger partial charge in [0.05, 0.1) is 0 Å². The lowest BCUT2D eigenvalue weighted by molar-refractivity contribution is -0.125. The van der Waals surface area contributed by atoms with Crippen LogP contribution in [-0.2, 0) is 4.79 Å². The van der Waals surface area contributed by atoms with Crippen LogP contribution in [-0.4, -0.2) is 42.5 Å². The van der Waals surface area contributed by atoms with E-state index < -0.39 is 0 Å². The first-order chi connectivity index (χ1) is 8.22. The van der Waals surface area contributed by atoms with Crippen LogP contribution in [0.5, 0.6) is 0 Å². The van der Waals surface area contributed by atoms with Crippen molar-refractivity contribution in [3.63, 3.8) is 0 Å². The second-order valence-corrected chi connectivity index (χ2v) is 5.44. The van der Waals surface area contributed by atoms with E-state index in [9.17, 15) is 4.79 Å². The molecule has 0 aromatic heterocycles. The minimum Gasteiger partial charge on any atom is -0.368 e. The van der Waals surface area contributed by atoms with Crippen molar-refractivity contribution in [3.8, 4) is 0 Å². The molecule has 1 heterocycles. The molecule has 1 unspecified atom stereocenters. The Morgan fingerprint density at radius 2 is 2.06 bits per heavy atom. The maximum atomic E-state index is 11.5. The van der Waals surface area contributed by atoms with Crippen molar-refractivity contribution in [2.24, 2.45) is 11.7 Å². The molecule has 1 saturated heterocycles. The molecule has 1 atom stereocenters. The van der Waals surface area contributed by atoms with E-state index in [0.29, 0.717) is 6.04 Å². The van der Waals surface area contributed by atoms with E-state index in [2.05, 4.69) is 17.1 Å². The van der Waals surface area contributed by atoms with Crippen molar-refractivity contribution in [2.45, 2.75) is 51.1 Å². The lowest BCUT2D eigenvalue weighted by atomic mass is 9.83. The number of rotatable bonds is 3. The number of primary amides is 1. The molecule has 1 aliphatic carbocycles. The van der Waals surface area contributed by atoms with Crippen molar-refractivity contribution < 1.29 is 4.79 Å². The first kappa shape index (κ1) is 12.8. The molecule has 2 rings (SSSR count). The lowest BCUT2D eigenvalue weighted by Crippen LogP contribution is -2.60. The zero-order chi connectivity index (χ0) is 12.3. The number of nitrogens with two attached hydrogens (primary N) is 1. The average Bonchev–Trinajstić information content (AvgIpc) is 2.39. The van der Waals surface area contributed by atoms with Crippen molar-refractivity contribution in [1.29, 1.82) is 0 Å². The summed E-state index contributed by atoms with van der Waals surface area (Å²) in [6, 6.07) is 0.490. The second kappa shape index (κ2) is 5.83. The van der Waals surface area contributed by atoms with Gasteiger partial charge in [-0.3, -0.25) is 9.69 Å². The first-order valence-corrected chi connectivity index (χ1v) is 6.98. The Hall–Kier alpha value is -0.610.